The van der Waals surface area contributed by atoms with Crippen LogP contribution in [0.25, 0.3) is 0 Å². The SMILES string of the molecule is COc1cc(CO)cc(Br)c1OCC(=O)Nc1ccccc1C. The zero-order valence-electron chi connectivity index (χ0n) is 12.9. The molecule has 0 heterocycles. The summed E-state index contributed by atoms with van der Waals surface area (Å²) in [5.41, 5.74) is 2.42. The Morgan fingerprint density at radius 2 is 2.04 bits per heavy atom. The minimum absolute atomic E-state index is 0.108. The van der Waals surface area contributed by atoms with Gasteiger partial charge in [-0.2, -0.15) is 0 Å². The molecule has 2 aromatic rings. The summed E-state index contributed by atoms with van der Waals surface area (Å²) < 4.78 is 11.4. The Hall–Kier alpha value is -2.05. The summed E-state index contributed by atoms with van der Waals surface area (Å²) in [6, 6.07) is 10.9. The Morgan fingerprint density at radius 3 is 2.70 bits per heavy atom. The smallest absolute Gasteiger partial charge is 0.262 e. The van der Waals surface area contributed by atoms with Gasteiger partial charge >= 0.3 is 0 Å². The van der Waals surface area contributed by atoms with Gasteiger partial charge in [0.15, 0.2) is 18.1 Å². The number of amides is 1. The molecule has 2 rings (SSSR count). The van der Waals surface area contributed by atoms with E-state index in [2.05, 4.69) is 21.2 Å². The van der Waals surface area contributed by atoms with E-state index in [1.54, 1.807) is 12.1 Å². The summed E-state index contributed by atoms with van der Waals surface area (Å²) in [7, 11) is 1.50. The molecule has 2 aromatic carbocycles. The summed E-state index contributed by atoms with van der Waals surface area (Å²) in [6.45, 7) is 1.66. The predicted molar refractivity (Wildman–Crippen MR) is 91.9 cm³/mol. The number of halogens is 1. The normalized spacial score (nSPS) is 10.3. The average Bonchev–Trinajstić information content (AvgIpc) is 2.55. The number of rotatable bonds is 6. The van der Waals surface area contributed by atoms with Crippen LogP contribution in [0.2, 0.25) is 0 Å². The lowest BCUT2D eigenvalue weighted by Gasteiger charge is -2.14. The van der Waals surface area contributed by atoms with E-state index in [0.29, 0.717) is 21.5 Å². The minimum Gasteiger partial charge on any atom is -0.493 e. The quantitative estimate of drug-likeness (QED) is 0.807. The van der Waals surface area contributed by atoms with Crippen molar-refractivity contribution in [1.82, 2.24) is 0 Å². The van der Waals surface area contributed by atoms with Gasteiger partial charge in [-0.25, -0.2) is 0 Å². The van der Waals surface area contributed by atoms with E-state index >= 15 is 0 Å². The summed E-state index contributed by atoms with van der Waals surface area (Å²) in [4.78, 5) is 12.0. The molecule has 6 heteroatoms. The third kappa shape index (κ3) is 4.46. The number of ether oxygens (including phenoxy) is 2. The zero-order valence-corrected chi connectivity index (χ0v) is 14.5. The van der Waals surface area contributed by atoms with Gasteiger partial charge < -0.3 is 19.9 Å². The monoisotopic (exact) mass is 379 g/mol. The maximum atomic E-state index is 12.0. The summed E-state index contributed by atoms with van der Waals surface area (Å²) in [5.74, 6) is 0.608. The number of hydrogen-bond acceptors (Lipinski definition) is 4. The first-order chi connectivity index (χ1) is 11.0. The van der Waals surface area contributed by atoms with Crippen LogP contribution in [0.15, 0.2) is 40.9 Å². The Bertz CT molecular complexity index is 703. The predicted octanol–water partition coefficient (Wildman–Crippen LogP) is 3.28. The van der Waals surface area contributed by atoms with Crippen molar-refractivity contribution >= 4 is 27.5 Å². The van der Waals surface area contributed by atoms with E-state index in [4.69, 9.17) is 9.47 Å². The molecule has 0 unspecified atom stereocenters. The second kappa shape index (κ2) is 7.99. The Balaban J connectivity index is 2.06. The van der Waals surface area contributed by atoms with Crippen LogP contribution in [0.4, 0.5) is 5.69 Å². The first kappa shape index (κ1) is 17.3. The Morgan fingerprint density at radius 1 is 1.30 bits per heavy atom. The number of aliphatic hydroxyl groups is 1. The van der Waals surface area contributed by atoms with Crippen LogP contribution < -0.4 is 14.8 Å². The van der Waals surface area contributed by atoms with Crippen molar-refractivity contribution in [2.24, 2.45) is 0 Å². The molecule has 0 saturated heterocycles. The second-order valence-corrected chi connectivity index (χ2v) is 5.77. The van der Waals surface area contributed by atoms with Gasteiger partial charge in [-0.05, 0) is 52.2 Å². The molecule has 0 fully saturated rings. The highest BCUT2D eigenvalue weighted by molar-refractivity contribution is 9.10. The first-order valence-electron chi connectivity index (χ1n) is 7.00. The van der Waals surface area contributed by atoms with Crippen LogP contribution in [-0.4, -0.2) is 24.7 Å². The van der Waals surface area contributed by atoms with Gasteiger partial charge in [-0.3, -0.25) is 4.79 Å². The van der Waals surface area contributed by atoms with E-state index in [0.717, 1.165) is 11.3 Å². The van der Waals surface area contributed by atoms with E-state index in [-0.39, 0.29) is 19.1 Å². The van der Waals surface area contributed by atoms with Crippen LogP contribution in [-0.2, 0) is 11.4 Å². The lowest BCUT2D eigenvalue weighted by Crippen LogP contribution is -2.21. The lowest BCUT2D eigenvalue weighted by atomic mass is 10.2. The highest BCUT2D eigenvalue weighted by atomic mass is 79.9. The molecule has 0 atom stereocenters. The highest BCUT2D eigenvalue weighted by Gasteiger charge is 2.13. The first-order valence-corrected chi connectivity index (χ1v) is 7.80. The Labute approximate surface area is 143 Å². The third-order valence-corrected chi connectivity index (χ3v) is 3.83. The van der Waals surface area contributed by atoms with Crippen LogP contribution in [0.1, 0.15) is 11.1 Å². The number of methoxy groups -OCH3 is 1. The number of carbonyl (C=O) groups excluding carboxylic acids is 1. The second-order valence-electron chi connectivity index (χ2n) is 4.92. The van der Waals surface area contributed by atoms with E-state index in [1.807, 2.05) is 31.2 Å². The van der Waals surface area contributed by atoms with Crippen molar-refractivity contribution < 1.29 is 19.4 Å². The number of hydrogen-bond donors (Lipinski definition) is 2. The van der Waals surface area contributed by atoms with E-state index < -0.39 is 0 Å². The average molecular weight is 380 g/mol. The molecule has 122 valence electrons. The molecule has 0 radical (unpaired) electrons. The van der Waals surface area contributed by atoms with Crippen molar-refractivity contribution in [3.05, 3.63) is 52.0 Å². The maximum absolute atomic E-state index is 12.0. The van der Waals surface area contributed by atoms with Gasteiger partial charge in [-0.15, -0.1) is 0 Å². The fourth-order valence-electron chi connectivity index (χ4n) is 2.04. The third-order valence-electron chi connectivity index (χ3n) is 3.24. The number of para-hydroxylation sites is 1. The van der Waals surface area contributed by atoms with Crippen molar-refractivity contribution in [2.45, 2.75) is 13.5 Å². The fourth-order valence-corrected chi connectivity index (χ4v) is 2.65. The molecule has 0 aliphatic heterocycles. The molecule has 5 nitrogen and oxygen atoms in total. The number of carbonyl (C=O) groups is 1. The maximum Gasteiger partial charge on any atom is 0.262 e. The molecule has 0 bridgehead atoms. The highest BCUT2D eigenvalue weighted by Crippen LogP contribution is 2.36. The molecule has 0 aliphatic rings. The van der Waals surface area contributed by atoms with Gasteiger partial charge in [-0.1, -0.05) is 18.2 Å². The largest absolute Gasteiger partial charge is 0.493 e. The Kier molecular flexibility index (Phi) is 6.01. The standard InChI is InChI=1S/C17H18BrNO4/c1-11-5-3-4-6-14(11)19-16(21)10-23-17-13(18)7-12(9-20)8-15(17)22-2/h3-8,20H,9-10H2,1-2H3,(H,19,21). The fraction of sp³-hybridized carbons (Fsp3) is 0.235. The van der Waals surface area contributed by atoms with Crippen molar-refractivity contribution in [2.75, 3.05) is 19.0 Å². The van der Waals surface area contributed by atoms with Crippen LogP contribution >= 0.6 is 15.9 Å². The number of anilines is 1. The van der Waals surface area contributed by atoms with Gasteiger partial charge in [0.25, 0.3) is 5.91 Å². The molecular formula is C17H18BrNO4. The van der Waals surface area contributed by atoms with Crippen molar-refractivity contribution in [1.29, 1.82) is 0 Å². The molecule has 0 aromatic heterocycles. The van der Waals surface area contributed by atoms with Gasteiger partial charge in [0.2, 0.25) is 0 Å². The minimum atomic E-state index is -0.264. The molecule has 23 heavy (non-hydrogen) atoms. The van der Waals surface area contributed by atoms with Crippen molar-refractivity contribution in [3.8, 4) is 11.5 Å². The molecular weight excluding hydrogens is 362 g/mol. The van der Waals surface area contributed by atoms with E-state index in [9.17, 15) is 9.90 Å². The number of aliphatic hydroxyl groups excluding tert-OH is 1. The van der Waals surface area contributed by atoms with Gasteiger partial charge in [0.05, 0.1) is 18.2 Å². The van der Waals surface area contributed by atoms with Gasteiger partial charge in [0, 0.05) is 5.69 Å². The molecule has 2 N–H and O–H groups in total. The number of benzene rings is 2. The summed E-state index contributed by atoms with van der Waals surface area (Å²) in [6.07, 6.45) is 0. The van der Waals surface area contributed by atoms with Crippen LogP contribution in [0.5, 0.6) is 11.5 Å². The number of aryl methyl sites for hydroxylation is 1. The van der Waals surface area contributed by atoms with Gasteiger partial charge in [0.1, 0.15) is 0 Å². The van der Waals surface area contributed by atoms with E-state index in [1.165, 1.54) is 7.11 Å². The summed E-state index contributed by atoms with van der Waals surface area (Å²) >= 11 is 3.36. The lowest BCUT2D eigenvalue weighted by molar-refractivity contribution is -0.118. The van der Waals surface area contributed by atoms with Crippen molar-refractivity contribution in [3.63, 3.8) is 0 Å². The molecule has 1 amide bonds. The number of nitrogens with one attached hydrogen (secondary N) is 1. The molecule has 0 aliphatic carbocycles. The van der Waals surface area contributed by atoms with Crippen LogP contribution in [0.3, 0.4) is 0 Å². The zero-order chi connectivity index (χ0) is 16.8. The summed E-state index contributed by atoms with van der Waals surface area (Å²) in [5, 5.41) is 12.0. The molecule has 0 saturated carbocycles. The topological polar surface area (TPSA) is 67.8 Å². The molecule has 0 spiro atoms. The van der Waals surface area contributed by atoms with Crippen LogP contribution in [0, 0.1) is 6.92 Å².